The molecule has 12 heteroatoms. The summed E-state index contributed by atoms with van der Waals surface area (Å²) in [6.07, 6.45) is -6.01. The first-order valence-electron chi connectivity index (χ1n) is 8.61. The smallest absolute Gasteiger partial charge is 0.318 e. The predicted octanol–water partition coefficient (Wildman–Crippen LogP) is 5.94. The van der Waals surface area contributed by atoms with Gasteiger partial charge in [0.05, 0.1) is 29.1 Å². The molecule has 0 radical (unpaired) electrons. The first-order valence-corrected chi connectivity index (χ1v) is 9.41. The van der Waals surface area contributed by atoms with Crippen LogP contribution in [0.3, 0.4) is 0 Å². The van der Waals surface area contributed by atoms with Gasteiger partial charge in [-0.05, 0) is 36.8 Å². The van der Waals surface area contributed by atoms with E-state index in [4.69, 9.17) is 0 Å². The fourth-order valence-corrected chi connectivity index (χ4v) is 3.16. The van der Waals surface area contributed by atoms with E-state index in [-0.39, 0.29) is 17.4 Å². The number of hydrogen-bond donors (Lipinski definition) is 1. The molecule has 1 unspecified atom stereocenters. The molecule has 164 valence electrons. The van der Waals surface area contributed by atoms with Crippen molar-refractivity contribution in [3.05, 3.63) is 75.8 Å². The number of pyridine rings is 1. The van der Waals surface area contributed by atoms with Crippen LogP contribution >= 0.6 is 15.9 Å². The summed E-state index contributed by atoms with van der Waals surface area (Å²) in [5.74, 6) is -0.570. The van der Waals surface area contributed by atoms with E-state index in [0.29, 0.717) is 10.5 Å². The highest BCUT2D eigenvalue weighted by atomic mass is 79.9. The maximum Gasteiger partial charge on any atom is 0.416 e. The van der Waals surface area contributed by atoms with E-state index in [1.54, 1.807) is 6.07 Å². The van der Waals surface area contributed by atoms with Gasteiger partial charge < -0.3 is 5.32 Å². The van der Waals surface area contributed by atoms with Crippen LogP contribution in [0.5, 0.6) is 0 Å². The van der Waals surface area contributed by atoms with Gasteiger partial charge in [0.1, 0.15) is 5.69 Å². The number of carbonyl (C=O) groups is 1. The Kier molecular flexibility index (Phi) is 6.12. The van der Waals surface area contributed by atoms with Crippen LogP contribution in [0, 0.1) is 0 Å². The zero-order valence-corrected chi connectivity index (χ0v) is 17.2. The third kappa shape index (κ3) is 5.24. The van der Waals surface area contributed by atoms with E-state index < -0.39 is 41.0 Å². The number of aromatic nitrogens is 3. The summed E-state index contributed by atoms with van der Waals surface area (Å²) >= 11 is 3.21. The fourth-order valence-electron chi connectivity index (χ4n) is 2.82. The third-order valence-electron chi connectivity index (χ3n) is 4.35. The van der Waals surface area contributed by atoms with Crippen LogP contribution in [-0.4, -0.2) is 20.7 Å². The van der Waals surface area contributed by atoms with Crippen molar-refractivity contribution in [2.24, 2.45) is 0 Å². The summed E-state index contributed by atoms with van der Waals surface area (Å²) < 4.78 is 80.6. The second kappa shape index (κ2) is 8.33. The van der Waals surface area contributed by atoms with Crippen LogP contribution in [0.1, 0.15) is 40.1 Å². The van der Waals surface area contributed by atoms with E-state index in [0.717, 1.165) is 10.7 Å². The zero-order chi connectivity index (χ0) is 23.0. The lowest BCUT2D eigenvalue weighted by Gasteiger charge is -2.20. The van der Waals surface area contributed by atoms with E-state index in [1.165, 1.54) is 31.6 Å². The largest absolute Gasteiger partial charge is 0.416 e. The average molecular weight is 507 g/mol. The third-order valence-corrected chi connectivity index (χ3v) is 4.84. The SMILES string of the molecule is CC(c1ccc(C(F)(F)F)cc1C(F)(F)F)n1cc(NC(=O)c2cc(Br)ccn2)cn1. The number of anilines is 1. The molecule has 0 aliphatic heterocycles. The Bertz CT molecular complexity index is 1110. The van der Waals surface area contributed by atoms with Crippen LogP contribution in [0.25, 0.3) is 0 Å². The molecular weight excluding hydrogens is 494 g/mol. The maximum absolute atomic E-state index is 13.4. The first kappa shape index (κ1) is 22.8. The van der Waals surface area contributed by atoms with Crippen LogP contribution in [0.2, 0.25) is 0 Å². The summed E-state index contributed by atoms with van der Waals surface area (Å²) in [4.78, 5) is 16.2. The molecule has 0 saturated carbocycles. The summed E-state index contributed by atoms with van der Waals surface area (Å²) in [6.45, 7) is 1.35. The van der Waals surface area contributed by atoms with Gasteiger partial charge in [-0.25, -0.2) is 0 Å². The van der Waals surface area contributed by atoms with Crippen LogP contribution in [0.15, 0.2) is 53.4 Å². The van der Waals surface area contributed by atoms with Crippen LogP contribution in [0.4, 0.5) is 32.0 Å². The minimum Gasteiger partial charge on any atom is -0.318 e. The highest BCUT2D eigenvalue weighted by Crippen LogP contribution is 2.39. The van der Waals surface area contributed by atoms with Gasteiger partial charge in [-0.1, -0.05) is 22.0 Å². The number of benzene rings is 1. The van der Waals surface area contributed by atoms with Crippen molar-refractivity contribution in [2.45, 2.75) is 25.3 Å². The van der Waals surface area contributed by atoms with Gasteiger partial charge in [-0.15, -0.1) is 0 Å². The van der Waals surface area contributed by atoms with Gasteiger partial charge >= 0.3 is 12.4 Å². The number of halogens is 7. The van der Waals surface area contributed by atoms with Crippen molar-refractivity contribution in [1.82, 2.24) is 14.8 Å². The molecule has 0 fully saturated rings. The second-order valence-electron chi connectivity index (χ2n) is 6.50. The Morgan fingerprint density at radius 2 is 1.81 bits per heavy atom. The number of hydrogen-bond acceptors (Lipinski definition) is 3. The number of nitrogens with zero attached hydrogens (tertiary/aromatic N) is 3. The molecule has 3 rings (SSSR count). The van der Waals surface area contributed by atoms with Gasteiger partial charge in [0.2, 0.25) is 0 Å². The monoisotopic (exact) mass is 506 g/mol. The fraction of sp³-hybridized carbons (Fsp3) is 0.211. The molecule has 5 nitrogen and oxygen atoms in total. The highest BCUT2D eigenvalue weighted by molar-refractivity contribution is 9.10. The molecule has 1 amide bonds. The van der Waals surface area contributed by atoms with Crippen molar-refractivity contribution in [3.63, 3.8) is 0 Å². The second-order valence-corrected chi connectivity index (χ2v) is 7.41. The van der Waals surface area contributed by atoms with E-state index >= 15 is 0 Å². The van der Waals surface area contributed by atoms with Crippen LogP contribution < -0.4 is 5.32 Å². The molecule has 0 spiro atoms. The molecule has 1 N–H and O–H groups in total. The molecule has 0 aliphatic rings. The summed E-state index contributed by atoms with van der Waals surface area (Å²) in [7, 11) is 0. The van der Waals surface area contributed by atoms with Crippen molar-refractivity contribution in [2.75, 3.05) is 5.32 Å². The number of carbonyl (C=O) groups excluding carboxylic acids is 1. The van der Waals surface area contributed by atoms with Crippen molar-refractivity contribution >= 4 is 27.5 Å². The molecule has 3 aromatic rings. The van der Waals surface area contributed by atoms with Crippen LogP contribution in [-0.2, 0) is 12.4 Å². The van der Waals surface area contributed by atoms with Crippen molar-refractivity contribution < 1.29 is 31.1 Å². The van der Waals surface area contributed by atoms with E-state index in [2.05, 4.69) is 31.3 Å². The minimum absolute atomic E-state index is 0.0803. The van der Waals surface area contributed by atoms with Gasteiger partial charge in [0.15, 0.2) is 0 Å². The molecule has 0 aliphatic carbocycles. The Hall–Kier alpha value is -2.89. The van der Waals surface area contributed by atoms with Gasteiger partial charge in [-0.3, -0.25) is 14.5 Å². The molecular formula is C19H13BrF6N4O. The lowest BCUT2D eigenvalue weighted by molar-refractivity contribution is -0.143. The first-order chi connectivity index (χ1) is 14.4. The molecule has 0 saturated heterocycles. The predicted molar refractivity (Wildman–Crippen MR) is 102 cm³/mol. The standard InChI is InChI=1S/C19H13BrF6N4O/c1-10(14-3-2-11(18(21,22)23)6-15(14)19(24,25)26)30-9-13(8-28-30)29-17(31)16-7-12(20)4-5-27-16/h2-10H,1H3,(H,29,31). The average Bonchev–Trinajstić information content (AvgIpc) is 3.14. The van der Waals surface area contributed by atoms with E-state index in [9.17, 15) is 31.1 Å². The normalized spacial score (nSPS) is 13.2. The number of amides is 1. The molecule has 0 bridgehead atoms. The summed E-state index contributed by atoms with van der Waals surface area (Å²) in [5.41, 5.74) is -2.92. The Morgan fingerprint density at radius 3 is 2.42 bits per heavy atom. The van der Waals surface area contributed by atoms with Gasteiger partial charge in [0.25, 0.3) is 5.91 Å². The van der Waals surface area contributed by atoms with Crippen molar-refractivity contribution in [1.29, 1.82) is 0 Å². The summed E-state index contributed by atoms with van der Waals surface area (Å²) in [5, 5.41) is 6.44. The lowest BCUT2D eigenvalue weighted by Crippen LogP contribution is -2.18. The molecule has 1 aromatic carbocycles. The number of nitrogens with one attached hydrogen (secondary N) is 1. The highest BCUT2D eigenvalue weighted by Gasteiger charge is 2.39. The number of rotatable bonds is 4. The zero-order valence-electron chi connectivity index (χ0n) is 15.6. The summed E-state index contributed by atoms with van der Waals surface area (Å²) in [6, 6.07) is 3.48. The molecule has 2 heterocycles. The lowest BCUT2D eigenvalue weighted by atomic mass is 9.98. The van der Waals surface area contributed by atoms with Gasteiger partial charge in [-0.2, -0.15) is 31.4 Å². The number of alkyl halides is 6. The van der Waals surface area contributed by atoms with Gasteiger partial charge in [0, 0.05) is 16.9 Å². The quantitative estimate of drug-likeness (QED) is 0.445. The Labute approximate surface area is 180 Å². The molecule has 1 atom stereocenters. The molecule has 2 aromatic heterocycles. The Balaban J connectivity index is 1.88. The molecule has 31 heavy (non-hydrogen) atoms. The minimum atomic E-state index is -5.00. The van der Waals surface area contributed by atoms with E-state index in [1.807, 2.05) is 0 Å². The Morgan fingerprint density at radius 1 is 1.10 bits per heavy atom. The van der Waals surface area contributed by atoms with Crippen molar-refractivity contribution in [3.8, 4) is 0 Å². The maximum atomic E-state index is 13.4. The topological polar surface area (TPSA) is 59.8 Å².